The van der Waals surface area contributed by atoms with Crippen molar-refractivity contribution in [3.63, 3.8) is 0 Å². The van der Waals surface area contributed by atoms with Crippen LogP contribution in [0.3, 0.4) is 0 Å². The first kappa shape index (κ1) is 12.5. The zero-order valence-corrected chi connectivity index (χ0v) is 9.83. The van der Waals surface area contributed by atoms with Crippen LogP contribution in [0.4, 0.5) is 0 Å². The highest BCUT2D eigenvalue weighted by molar-refractivity contribution is 5.82. The van der Waals surface area contributed by atoms with Gasteiger partial charge in [0.2, 0.25) is 0 Å². The third-order valence-electron chi connectivity index (χ3n) is 3.16. The van der Waals surface area contributed by atoms with E-state index in [9.17, 15) is 0 Å². The molecule has 0 amide bonds. The summed E-state index contributed by atoms with van der Waals surface area (Å²) in [6.45, 7) is 4.87. The van der Waals surface area contributed by atoms with Crippen molar-refractivity contribution in [2.75, 3.05) is 26.8 Å². The van der Waals surface area contributed by atoms with Crippen molar-refractivity contribution >= 4 is 5.84 Å². The number of ether oxygens (including phenoxy) is 1. The van der Waals surface area contributed by atoms with Gasteiger partial charge in [0.05, 0.1) is 6.04 Å². The summed E-state index contributed by atoms with van der Waals surface area (Å²) in [5.41, 5.74) is 5.57. The van der Waals surface area contributed by atoms with E-state index in [1.807, 2.05) is 0 Å². The van der Waals surface area contributed by atoms with Crippen LogP contribution in [-0.4, -0.2) is 43.6 Å². The molecule has 1 aliphatic heterocycles. The molecule has 1 heterocycles. The Hall–Kier alpha value is -0.610. The Bertz CT molecular complexity index is 202. The van der Waals surface area contributed by atoms with Crippen LogP contribution in [0.15, 0.2) is 0 Å². The molecule has 0 aromatic carbocycles. The molecule has 88 valence electrons. The van der Waals surface area contributed by atoms with E-state index >= 15 is 0 Å². The van der Waals surface area contributed by atoms with Gasteiger partial charge < -0.3 is 10.5 Å². The van der Waals surface area contributed by atoms with E-state index in [0.717, 1.165) is 39.0 Å². The molecule has 0 aliphatic carbocycles. The standard InChI is InChI=1S/C11H23N3O/c1-3-10(11(12)13)14(2)8-9-4-6-15-7-5-9/h9-10H,3-8H2,1-2H3,(H3,12,13). The average molecular weight is 213 g/mol. The third kappa shape index (κ3) is 3.80. The van der Waals surface area contributed by atoms with E-state index in [4.69, 9.17) is 15.9 Å². The van der Waals surface area contributed by atoms with Crippen molar-refractivity contribution in [3.8, 4) is 0 Å². The van der Waals surface area contributed by atoms with Crippen molar-refractivity contribution < 1.29 is 4.74 Å². The van der Waals surface area contributed by atoms with E-state index in [1.54, 1.807) is 0 Å². The maximum absolute atomic E-state index is 7.51. The van der Waals surface area contributed by atoms with Crippen LogP contribution in [0.2, 0.25) is 0 Å². The van der Waals surface area contributed by atoms with E-state index in [1.165, 1.54) is 0 Å². The summed E-state index contributed by atoms with van der Waals surface area (Å²) in [7, 11) is 2.06. The fourth-order valence-corrected chi connectivity index (χ4v) is 2.23. The fourth-order valence-electron chi connectivity index (χ4n) is 2.23. The topological polar surface area (TPSA) is 62.3 Å². The molecule has 0 saturated carbocycles. The first-order chi connectivity index (χ1) is 7.15. The molecule has 1 atom stereocenters. The molecule has 0 bridgehead atoms. The fraction of sp³-hybridized carbons (Fsp3) is 0.909. The molecule has 4 nitrogen and oxygen atoms in total. The third-order valence-corrected chi connectivity index (χ3v) is 3.16. The molecule has 1 aliphatic rings. The Balaban J connectivity index is 2.38. The maximum Gasteiger partial charge on any atom is 0.108 e. The van der Waals surface area contributed by atoms with Gasteiger partial charge in [-0.15, -0.1) is 0 Å². The molecule has 1 fully saturated rings. The number of nitrogens with two attached hydrogens (primary N) is 1. The molecule has 15 heavy (non-hydrogen) atoms. The Morgan fingerprint density at radius 1 is 1.53 bits per heavy atom. The minimum Gasteiger partial charge on any atom is -0.386 e. The number of hydrogen-bond donors (Lipinski definition) is 2. The van der Waals surface area contributed by atoms with E-state index < -0.39 is 0 Å². The molecule has 0 aromatic rings. The highest BCUT2D eigenvalue weighted by atomic mass is 16.5. The zero-order chi connectivity index (χ0) is 11.3. The Kier molecular flexibility index (Phi) is 5.05. The van der Waals surface area contributed by atoms with Gasteiger partial charge in [-0.05, 0) is 32.2 Å². The second-order valence-corrected chi connectivity index (χ2v) is 4.37. The minimum absolute atomic E-state index is 0.104. The van der Waals surface area contributed by atoms with Crippen LogP contribution in [0, 0.1) is 11.3 Å². The van der Waals surface area contributed by atoms with Gasteiger partial charge >= 0.3 is 0 Å². The van der Waals surface area contributed by atoms with Crippen LogP contribution in [0.5, 0.6) is 0 Å². The molecule has 1 saturated heterocycles. The van der Waals surface area contributed by atoms with Gasteiger partial charge in [-0.2, -0.15) is 0 Å². The lowest BCUT2D eigenvalue weighted by Crippen LogP contribution is -2.44. The van der Waals surface area contributed by atoms with Gasteiger partial charge in [-0.1, -0.05) is 6.92 Å². The Labute approximate surface area is 92.3 Å². The Morgan fingerprint density at radius 2 is 2.13 bits per heavy atom. The summed E-state index contributed by atoms with van der Waals surface area (Å²) < 4.78 is 5.33. The number of nitrogens with zero attached hydrogens (tertiary/aromatic N) is 1. The number of rotatable bonds is 5. The lowest BCUT2D eigenvalue weighted by atomic mass is 9.99. The predicted molar refractivity (Wildman–Crippen MR) is 62.2 cm³/mol. The maximum atomic E-state index is 7.51. The highest BCUT2D eigenvalue weighted by Gasteiger charge is 2.21. The number of hydrogen-bond acceptors (Lipinski definition) is 3. The summed E-state index contributed by atoms with van der Waals surface area (Å²) >= 11 is 0. The van der Waals surface area contributed by atoms with Crippen LogP contribution < -0.4 is 5.73 Å². The van der Waals surface area contributed by atoms with Crippen molar-refractivity contribution in [3.05, 3.63) is 0 Å². The smallest absolute Gasteiger partial charge is 0.108 e. The molecule has 4 heteroatoms. The first-order valence-electron chi connectivity index (χ1n) is 5.77. The average Bonchev–Trinajstić information content (AvgIpc) is 2.19. The van der Waals surface area contributed by atoms with Crippen LogP contribution in [0.1, 0.15) is 26.2 Å². The normalized spacial score (nSPS) is 20.5. The number of nitrogens with one attached hydrogen (secondary N) is 1. The summed E-state index contributed by atoms with van der Waals surface area (Å²) in [5, 5.41) is 7.51. The summed E-state index contributed by atoms with van der Waals surface area (Å²) in [4.78, 5) is 2.21. The van der Waals surface area contributed by atoms with E-state index in [2.05, 4.69) is 18.9 Å². The van der Waals surface area contributed by atoms with Gasteiger partial charge in [0.1, 0.15) is 5.84 Å². The van der Waals surface area contributed by atoms with Crippen LogP contribution >= 0.6 is 0 Å². The van der Waals surface area contributed by atoms with Crippen molar-refractivity contribution in [2.45, 2.75) is 32.2 Å². The quantitative estimate of drug-likeness (QED) is 0.530. The van der Waals surface area contributed by atoms with Crippen LogP contribution in [0.25, 0.3) is 0 Å². The van der Waals surface area contributed by atoms with E-state index in [-0.39, 0.29) is 11.9 Å². The largest absolute Gasteiger partial charge is 0.386 e. The second-order valence-electron chi connectivity index (χ2n) is 4.37. The minimum atomic E-state index is 0.104. The predicted octanol–water partition coefficient (Wildman–Crippen LogP) is 1.06. The summed E-state index contributed by atoms with van der Waals surface area (Å²) in [6.07, 6.45) is 3.19. The van der Waals surface area contributed by atoms with Crippen LogP contribution in [-0.2, 0) is 4.74 Å². The lowest BCUT2D eigenvalue weighted by Gasteiger charge is -2.31. The number of amidine groups is 1. The zero-order valence-electron chi connectivity index (χ0n) is 9.83. The van der Waals surface area contributed by atoms with Gasteiger partial charge in [-0.25, -0.2) is 0 Å². The lowest BCUT2D eigenvalue weighted by molar-refractivity contribution is 0.0535. The van der Waals surface area contributed by atoms with Gasteiger partial charge in [0, 0.05) is 19.8 Å². The van der Waals surface area contributed by atoms with Gasteiger partial charge in [0.25, 0.3) is 0 Å². The van der Waals surface area contributed by atoms with Gasteiger partial charge in [0.15, 0.2) is 0 Å². The van der Waals surface area contributed by atoms with E-state index in [0.29, 0.717) is 5.92 Å². The van der Waals surface area contributed by atoms with Crippen molar-refractivity contribution in [1.29, 1.82) is 5.41 Å². The van der Waals surface area contributed by atoms with Crippen molar-refractivity contribution in [2.24, 2.45) is 11.7 Å². The first-order valence-corrected chi connectivity index (χ1v) is 5.77. The second kappa shape index (κ2) is 6.08. The Morgan fingerprint density at radius 3 is 2.60 bits per heavy atom. The molecule has 0 radical (unpaired) electrons. The van der Waals surface area contributed by atoms with Crippen molar-refractivity contribution in [1.82, 2.24) is 4.90 Å². The monoisotopic (exact) mass is 213 g/mol. The SMILES string of the molecule is CCC(C(=N)N)N(C)CC1CCOCC1. The molecular weight excluding hydrogens is 190 g/mol. The molecule has 1 rings (SSSR count). The number of likely N-dealkylation sites (N-methyl/N-ethyl adjacent to an activating group) is 1. The van der Waals surface area contributed by atoms with Gasteiger partial charge in [-0.3, -0.25) is 10.3 Å². The summed E-state index contributed by atoms with van der Waals surface area (Å²) in [5.74, 6) is 0.990. The highest BCUT2D eigenvalue weighted by Crippen LogP contribution is 2.17. The summed E-state index contributed by atoms with van der Waals surface area (Å²) in [6, 6.07) is 0.104. The molecule has 0 spiro atoms. The molecule has 0 aromatic heterocycles. The molecular formula is C11H23N3O. The molecule has 3 N–H and O–H groups in total. The molecule has 1 unspecified atom stereocenters.